The predicted molar refractivity (Wildman–Crippen MR) is 70.9 cm³/mol. The molecule has 0 aromatic heterocycles. The number of carbonyl (C=O) groups is 1. The Morgan fingerprint density at radius 1 is 1.47 bits per heavy atom. The number of benzene rings is 1. The molecule has 1 unspecified atom stereocenters. The second-order valence-electron chi connectivity index (χ2n) is 4.04. The highest BCUT2D eigenvalue weighted by molar-refractivity contribution is 9.10. The highest BCUT2D eigenvalue weighted by atomic mass is 79.9. The van der Waals surface area contributed by atoms with E-state index in [-0.39, 0.29) is 6.04 Å². The number of nitrogens with one attached hydrogen (secondary N) is 1. The van der Waals surface area contributed by atoms with E-state index in [2.05, 4.69) is 21.2 Å². The van der Waals surface area contributed by atoms with Gasteiger partial charge in [0.25, 0.3) is 0 Å². The van der Waals surface area contributed by atoms with Gasteiger partial charge >= 0.3 is 0 Å². The molecule has 1 amide bonds. The number of rotatable bonds is 5. The zero-order chi connectivity index (χ0) is 13.0. The first-order chi connectivity index (χ1) is 7.95. The van der Waals surface area contributed by atoms with Crippen LogP contribution < -0.4 is 15.8 Å². The Labute approximate surface area is 110 Å². The topological polar surface area (TPSA) is 64.3 Å². The first-order valence-electron chi connectivity index (χ1n) is 5.34. The van der Waals surface area contributed by atoms with Crippen molar-refractivity contribution in [3.63, 3.8) is 0 Å². The van der Waals surface area contributed by atoms with Gasteiger partial charge in [-0.05, 0) is 32.0 Å². The molecule has 1 atom stereocenters. The minimum atomic E-state index is -0.553. The van der Waals surface area contributed by atoms with Crippen LogP contribution in [0.3, 0.4) is 0 Å². The van der Waals surface area contributed by atoms with Gasteiger partial charge in [-0.1, -0.05) is 15.9 Å². The fraction of sp³-hybridized carbons (Fsp3) is 0.417. The molecule has 0 aliphatic heterocycles. The summed E-state index contributed by atoms with van der Waals surface area (Å²) in [4.78, 5) is 11.5. The second kappa shape index (κ2) is 6.02. The number of methoxy groups -OCH3 is 1. The summed E-state index contributed by atoms with van der Waals surface area (Å²) in [5, 5.41) is 3.12. The molecular formula is C12H17BrN2O2. The van der Waals surface area contributed by atoms with Gasteiger partial charge in [0.1, 0.15) is 11.8 Å². The number of amides is 1. The quantitative estimate of drug-likeness (QED) is 0.874. The summed E-state index contributed by atoms with van der Waals surface area (Å²) in [6, 6.07) is 5.09. The first-order valence-corrected chi connectivity index (χ1v) is 6.13. The number of hydrogen-bond donors (Lipinski definition) is 2. The SMILES string of the molecule is COc1ccc(Br)cc1C(NC(C)C)C(N)=O. The number of halogens is 1. The molecule has 1 aromatic rings. The number of nitrogens with two attached hydrogens (primary N) is 1. The predicted octanol–water partition coefficient (Wildman–Crippen LogP) is 1.98. The van der Waals surface area contributed by atoms with Crippen LogP contribution >= 0.6 is 15.9 Å². The summed E-state index contributed by atoms with van der Waals surface area (Å²) in [6.45, 7) is 3.92. The summed E-state index contributed by atoms with van der Waals surface area (Å²) < 4.78 is 6.12. The van der Waals surface area contributed by atoms with Crippen molar-refractivity contribution in [1.29, 1.82) is 0 Å². The van der Waals surface area contributed by atoms with Gasteiger partial charge < -0.3 is 10.5 Å². The number of hydrogen-bond acceptors (Lipinski definition) is 3. The molecule has 0 fully saturated rings. The first kappa shape index (κ1) is 14.0. The van der Waals surface area contributed by atoms with Gasteiger partial charge in [-0.15, -0.1) is 0 Å². The molecule has 0 saturated heterocycles. The van der Waals surface area contributed by atoms with E-state index in [0.717, 1.165) is 10.0 Å². The lowest BCUT2D eigenvalue weighted by atomic mass is 10.0. The smallest absolute Gasteiger partial charge is 0.239 e. The maximum Gasteiger partial charge on any atom is 0.239 e. The lowest BCUT2D eigenvalue weighted by molar-refractivity contribution is -0.120. The molecule has 17 heavy (non-hydrogen) atoms. The van der Waals surface area contributed by atoms with E-state index in [1.165, 1.54) is 0 Å². The number of primary amides is 1. The monoisotopic (exact) mass is 300 g/mol. The van der Waals surface area contributed by atoms with Crippen LogP contribution in [0.5, 0.6) is 5.75 Å². The largest absolute Gasteiger partial charge is 0.496 e. The number of carbonyl (C=O) groups excluding carboxylic acids is 1. The molecule has 0 radical (unpaired) electrons. The molecule has 4 nitrogen and oxygen atoms in total. The highest BCUT2D eigenvalue weighted by Crippen LogP contribution is 2.28. The highest BCUT2D eigenvalue weighted by Gasteiger charge is 2.22. The van der Waals surface area contributed by atoms with Crippen molar-refractivity contribution < 1.29 is 9.53 Å². The Balaban J connectivity index is 3.16. The maximum absolute atomic E-state index is 11.5. The minimum absolute atomic E-state index is 0.149. The Bertz CT molecular complexity index is 407. The van der Waals surface area contributed by atoms with Crippen molar-refractivity contribution in [1.82, 2.24) is 5.32 Å². The summed E-state index contributed by atoms with van der Waals surface area (Å²) >= 11 is 3.37. The van der Waals surface area contributed by atoms with Crippen LogP contribution in [-0.2, 0) is 4.79 Å². The van der Waals surface area contributed by atoms with E-state index < -0.39 is 11.9 Å². The van der Waals surface area contributed by atoms with Crippen LogP contribution in [0.1, 0.15) is 25.5 Å². The van der Waals surface area contributed by atoms with Gasteiger partial charge in [-0.2, -0.15) is 0 Å². The van der Waals surface area contributed by atoms with Gasteiger partial charge in [0.2, 0.25) is 5.91 Å². The molecule has 94 valence electrons. The van der Waals surface area contributed by atoms with Crippen LogP contribution in [0, 0.1) is 0 Å². The van der Waals surface area contributed by atoms with Gasteiger partial charge in [-0.3, -0.25) is 10.1 Å². The van der Waals surface area contributed by atoms with Crippen molar-refractivity contribution in [2.24, 2.45) is 5.73 Å². The van der Waals surface area contributed by atoms with E-state index in [1.807, 2.05) is 26.0 Å². The Kier molecular flexibility index (Phi) is 4.96. The van der Waals surface area contributed by atoms with Crippen LogP contribution in [-0.4, -0.2) is 19.1 Å². The molecule has 0 bridgehead atoms. The summed E-state index contributed by atoms with van der Waals surface area (Å²) in [5.74, 6) is 0.222. The van der Waals surface area contributed by atoms with E-state index >= 15 is 0 Å². The molecule has 5 heteroatoms. The Morgan fingerprint density at radius 3 is 2.59 bits per heavy atom. The Morgan fingerprint density at radius 2 is 2.12 bits per heavy atom. The van der Waals surface area contributed by atoms with Crippen LogP contribution in [0.2, 0.25) is 0 Å². The third-order valence-corrected chi connectivity index (χ3v) is 2.78. The molecule has 3 N–H and O–H groups in total. The molecule has 0 heterocycles. The molecule has 1 aromatic carbocycles. The molecule has 0 spiro atoms. The zero-order valence-electron chi connectivity index (χ0n) is 10.2. The van der Waals surface area contributed by atoms with Crippen molar-refractivity contribution >= 4 is 21.8 Å². The van der Waals surface area contributed by atoms with E-state index in [4.69, 9.17) is 10.5 Å². The lowest BCUT2D eigenvalue weighted by Crippen LogP contribution is -2.37. The van der Waals surface area contributed by atoms with Crippen molar-refractivity contribution in [2.75, 3.05) is 7.11 Å². The maximum atomic E-state index is 11.5. The third kappa shape index (κ3) is 3.71. The molecule has 0 aliphatic carbocycles. The van der Waals surface area contributed by atoms with Crippen LogP contribution in [0.15, 0.2) is 22.7 Å². The zero-order valence-corrected chi connectivity index (χ0v) is 11.7. The van der Waals surface area contributed by atoms with Gasteiger partial charge in [-0.25, -0.2) is 0 Å². The van der Waals surface area contributed by atoms with E-state index in [1.54, 1.807) is 13.2 Å². The third-order valence-electron chi connectivity index (χ3n) is 2.29. The van der Waals surface area contributed by atoms with Crippen LogP contribution in [0.4, 0.5) is 0 Å². The number of ether oxygens (including phenoxy) is 1. The summed E-state index contributed by atoms with van der Waals surface area (Å²) in [7, 11) is 1.57. The minimum Gasteiger partial charge on any atom is -0.496 e. The summed E-state index contributed by atoms with van der Waals surface area (Å²) in [5.41, 5.74) is 6.16. The fourth-order valence-corrected chi connectivity index (χ4v) is 1.97. The van der Waals surface area contributed by atoms with E-state index in [0.29, 0.717) is 5.75 Å². The van der Waals surface area contributed by atoms with Crippen molar-refractivity contribution in [3.05, 3.63) is 28.2 Å². The average molecular weight is 301 g/mol. The normalized spacial score (nSPS) is 12.5. The average Bonchev–Trinajstić information content (AvgIpc) is 2.25. The Hall–Kier alpha value is -1.07. The van der Waals surface area contributed by atoms with E-state index in [9.17, 15) is 4.79 Å². The summed E-state index contributed by atoms with van der Waals surface area (Å²) in [6.07, 6.45) is 0. The molecule has 0 aliphatic rings. The van der Waals surface area contributed by atoms with Gasteiger partial charge in [0, 0.05) is 16.1 Å². The lowest BCUT2D eigenvalue weighted by Gasteiger charge is -2.21. The molecule has 0 saturated carbocycles. The second-order valence-corrected chi connectivity index (χ2v) is 4.96. The molecular weight excluding hydrogens is 284 g/mol. The fourth-order valence-electron chi connectivity index (χ4n) is 1.59. The molecule has 1 rings (SSSR count). The van der Waals surface area contributed by atoms with Crippen molar-refractivity contribution in [2.45, 2.75) is 25.9 Å². The van der Waals surface area contributed by atoms with Crippen LogP contribution in [0.25, 0.3) is 0 Å². The van der Waals surface area contributed by atoms with Gasteiger partial charge in [0.05, 0.1) is 7.11 Å². The van der Waals surface area contributed by atoms with Gasteiger partial charge in [0.15, 0.2) is 0 Å². The van der Waals surface area contributed by atoms with Crippen molar-refractivity contribution in [3.8, 4) is 5.75 Å². The standard InChI is InChI=1S/C12H17BrN2O2/c1-7(2)15-11(12(14)16)9-6-8(13)4-5-10(9)17-3/h4-7,11,15H,1-3H3,(H2,14,16).